The molecular formula is C22H34N4O. The zero-order valence-electron chi connectivity index (χ0n) is 16.9. The number of rotatable bonds is 10. The summed E-state index contributed by atoms with van der Waals surface area (Å²) in [5, 5.41) is 3.43. The molecule has 1 N–H and O–H groups in total. The third-order valence-corrected chi connectivity index (χ3v) is 4.99. The maximum absolute atomic E-state index is 11.7. The molecule has 1 aromatic rings. The van der Waals surface area contributed by atoms with Crippen molar-refractivity contribution in [1.29, 1.82) is 0 Å². The predicted molar refractivity (Wildman–Crippen MR) is 113 cm³/mol. The Balaban J connectivity index is 1.75. The van der Waals surface area contributed by atoms with Crippen LogP contribution in [0.5, 0.6) is 0 Å². The van der Waals surface area contributed by atoms with Gasteiger partial charge in [0.1, 0.15) is 0 Å². The van der Waals surface area contributed by atoms with E-state index in [0.717, 1.165) is 51.4 Å². The van der Waals surface area contributed by atoms with Gasteiger partial charge in [-0.15, -0.1) is 6.58 Å². The van der Waals surface area contributed by atoms with Crippen molar-refractivity contribution < 1.29 is 4.79 Å². The molecule has 0 aromatic heterocycles. The van der Waals surface area contributed by atoms with Gasteiger partial charge in [-0.25, -0.2) is 0 Å². The van der Waals surface area contributed by atoms with Crippen LogP contribution >= 0.6 is 0 Å². The highest BCUT2D eigenvalue weighted by Crippen LogP contribution is 2.14. The number of amides is 1. The molecule has 1 aromatic carbocycles. The van der Waals surface area contributed by atoms with Crippen LogP contribution in [0, 0.1) is 0 Å². The topological polar surface area (TPSA) is 47.9 Å². The highest BCUT2D eigenvalue weighted by molar-refractivity contribution is 5.79. The number of aliphatic imine (C=N–C) groups is 1. The summed E-state index contributed by atoms with van der Waals surface area (Å²) in [4.78, 5) is 20.2. The van der Waals surface area contributed by atoms with Crippen molar-refractivity contribution in [3.05, 3.63) is 48.0 Å². The number of likely N-dealkylation sites (tertiary alicyclic amines) is 1. The minimum atomic E-state index is 0.275. The molecule has 148 valence electrons. The number of allylic oxidation sites excluding steroid dienone is 1. The molecule has 0 radical (unpaired) electrons. The summed E-state index contributed by atoms with van der Waals surface area (Å²) in [5.41, 5.74) is 2.40. The quantitative estimate of drug-likeness (QED) is 0.296. The van der Waals surface area contributed by atoms with E-state index in [4.69, 9.17) is 0 Å². The first kappa shape index (κ1) is 21.0. The second-order valence-electron chi connectivity index (χ2n) is 7.20. The Morgan fingerprint density at radius 2 is 2.00 bits per heavy atom. The van der Waals surface area contributed by atoms with Gasteiger partial charge in [-0.1, -0.05) is 36.8 Å². The van der Waals surface area contributed by atoms with Gasteiger partial charge in [-0.05, 0) is 36.8 Å². The Labute approximate surface area is 164 Å². The van der Waals surface area contributed by atoms with Crippen molar-refractivity contribution in [3.63, 3.8) is 0 Å². The minimum Gasteiger partial charge on any atom is -0.352 e. The first-order valence-corrected chi connectivity index (χ1v) is 10.0. The van der Waals surface area contributed by atoms with Crippen LogP contribution in [-0.2, 0) is 17.9 Å². The monoisotopic (exact) mass is 370 g/mol. The molecule has 1 amide bonds. The fourth-order valence-electron chi connectivity index (χ4n) is 3.34. The molecule has 0 unspecified atom stereocenters. The molecule has 0 aliphatic carbocycles. The van der Waals surface area contributed by atoms with E-state index in [1.54, 1.807) is 0 Å². The number of hydrogen-bond acceptors (Lipinski definition) is 2. The number of unbranched alkanes of at least 4 members (excludes halogenated alkanes) is 3. The lowest BCUT2D eigenvalue weighted by Gasteiger charge is -2.22. The second kappa shape index (κ2) is 11.4. The van der Waals surface area contributed by atoms with Crippen LogP contribution in [0.3, 0.4) is 0 Å². The van der Waals surface area contributed by atoms with E-state index >= 15 is 0 Å². The molecular weight excluding hydrogens is 336 g/mol. The number of hydrogen-bond donors (Lipinski definition) is 1. The molecule has 1 saturated heterocycles. The molecule has 0 bridgehead atoms. The summed E-state index contributed by atoms with van der Waals surface area (Å²) < 4.78 is 0. The third kappa shape index (κ3) is 7.08. The van der Waals surface area contributed by atoms with Gasteiger partial charge in [0.15, 0.2) is 5.96 Å². The molecule has 0 spiro atoms. The SMILES string of the molecule is C=CCCCCCN(C)C(=NC)NCc1ccc(CN2CCCC2=O)cc1. The predicted octanol–water partition coefficient (Wildman–Crippen LogP) is 3.56. The van der Waals surface area contributed by atoms with E-state index in [1.165, 1.54) is 24.0 Å². The Morgan fingerprint density at radius 1 is 1.26 bits per heavy atom. The Hall–Kier alpha value is -2.30. The van der Waals surface area contributed by atoms with Gasteiger partial charge >= 0.3 is 0 Å². The average molecular weight is 371 g/mol. The molecule has 1 heterocycles. The van der Waals surface area contributed by atoms with Gasteiger partial charge in [0, 0.05) is 46.7 Å². The van der Waals surface area contributed by atoms with Crippen molar-refractivity contribution in [3.8, 4) is 0 Å². The molecule has 5 nitrogen and oxygen atoms in total. The van der Waals surface area contributed by atoms with Gasteiger partial charge in [0.2, 0.25) is 5.91 Å². The maximum Gasteiger partial charge on any atom is 0.222 e. The number of nitrogens with one attached hydrogen (secondary N) is 1. The number of nitrogens with zero attached hydrogens (tertiary/aromatic N) is 3. The number of carbonyl (C=O) groups is 1. The number of carbonyl (C=O) groups excluding carboxylic acids is 1. The maximum atomic E-state index is 11.7. The first-order chi connectivity index (χ1) is 13.1. The molecule has 1 aliphatic heterocycles. The van der Waals surface area contributed by atoms with Crippen molar-refractivity contribution in [2.45, 2.75) is 51.6 Å². The lowest BCUT2D eigenvalue weighted by atomic mass is 10.1. The summed E-state index contributed by atoms with van der Waals surface area (Å²) in [6, 6.07) is 8.50. The van der Waals surface area contributed by atoms with Crippen molar-refractivity contribution in [1.82, 2.24) is 15.1 Å². The highest BCUT2D eigenvalue weighted by Gasteiger charge is 2.19. The van der Waals surface area contributed by atoms with E-state index in [-0.39, 0.29) is 5.91 Å². The molecule has 0 atom stereocenters. The van der Waals surface area contributed by atoms with E-state index in [0.29, 0.717) is 6.42 Å². The Morgan fingerprint density at radius 3 is 2.63 bits per heavy atom. The Bertz CT molecular complexity index is 624. The smallest absolute Gasteiger partial charge is 0.222 e. The van der Waals surface area contributed by atoms with Crippen LogP contribution in [0.25, 0.3) is 0 Å². The van der Waals surface area contributed by atoms with Crippen molar-refractivity contribution in [2.24, 2.45) is 4.99 Å². The van der Waals surface area contributed by atoms with Crippen LogP contribution in [-0.4, -0.2) is 48.9 Å². The summed E-state index contributed by atoms with van der Waals surface area (Å²) in [5.74, 6) is 1.20. The largest absolute Gasteiger partial charge is 0.352 e. The number of benzene rings is 1. The van der Waals surface area contributed by atoms with Gasteiger partial charge in [0.25, 0.3) is 0 Å². The lowest BCUT2D eigenvalue weighted by Crippen LogP contribution is -2.39. The molecule has 2 rings (SSSR count). The van der Waals surface area contributed by atoms with Crippen LogP contribution in [0.15, 0.2) is 41.9 Å². The van der Waals surface area contributed by atoms with Crippen LogP contribution < -0.4 is 5.32 Å². The number of guanidine groups is 1. The fraction of sp³-hybridized carbons (Fsp3) is 0.545. The normalized spacial score (nSPS) is 14.5. The standard InChI is InChI=1S/C22H34N4O/c1-4-5-6-7-8-15-25(3)22(23-2)24-17-19-11-13-20(14-12-19)18-26-16-9-10-21(26)27/h4,11-14H,1,5-10,15-18H2,2-3H3,(H,23,24). The van der Waals surface area contributed by atoms with Crippen molar-refractivity contribution in [2.75, 3.05) is 27.2 Å². The zero-order chi connectivity index (χ0) is 19.5. The molecule has 1 fully saturated rings. The van der Waals surface area contributed by atoms with Gasteiger partial charge < -0.3 is 15.1 Å². The average Bonchev–Trinajstić information content (AvgIpc) is 3.08. The Kier molecular flexibility index (Phi) is 8.89. The summed E-state index contributed by atoms with van der Waals surface area (Å²) in [7, 11) is 3.91. The van der Waals surface area contributed by atoms with Crippen LogP contribution in [0.1, 0.15) is 49.7 Å². The highest BCUT2D eigenvalue weighted by atomic mass is 16.2. The van der Waals surface area contributed by atoms with Gasteiger partial charge in [-0.3, -0.25) is 9.79 Å². The molecule has 27 heavy (non-hydrogen) atoms. The zero-order valence-corrected chi connectivity index (χ0v) is 16.9. The van der Waals surface area contributed by atoms with E-state index in [9.17, 15) is 4.79 Å². The second-order valence-corrected chi connectivity index (χ2v) is 7.20. The summed E-state index contributed by atoms with van der Waals surface area (Å²) in [6.45, 7) is 7.12. The molecule has 1 aliphatic rings. The third-order valence-electron chi connectivity index (χ3n) is 4.99. The van der Waals surface area contributed by atoms with Crippen molar-refractivity contribution >= 4 is 11.9 Å². The first-order valence-electron chi connectivity index (χ1n) is 10.0. The molecule has 0 saturated carbocycles. The van der Waals surface area contributed by atoms with Crippen LogP contribution in [0.2, 0.25) is 0 Å². The van der Waals surface area contributed by atoms with Crippen LogP contribution in [0.4, 0.5) is 0 Å². The van der Waals surface area contributed by atoms with Gasteiger partial charge in [0.05, 0.1) is 0 Å². The van der Waals surface area contributed by atoms with E-state index < -0.39 is 0 Å². The van der Waals surface area contributed by atoms with E-state index in [1.807, 2.05) is 18.0 Å². The van der Waals surface area contributed by atoms with Gasteiger partial charge in [-0.2, -0.15) is 0 Å². The molecule has 5 heteroatoms. The minimum absolute atomic E-state index is 0.275. The summed E-state index contributed by atoms with van der Waals surface area (Å²) in [6.07, 6.45) is 8.35. The fourth-order valence-corrected chi connectivity index (χ4v) is 3.34. The van der Waals surface area contributed by atoms with E-state index in [2.05, 4.69) is 53.1 Å². The summed E-state index contributed by atoms with van der Waals surface area (Å²) >= 11 is 0. The lowest BCUT2D eigenvalue weighted by molar-refractivity contribution is -0.128.